The maximum atomic E-state index is 12.5. The van der Waals surface area contributed by atoms with Crippen LogP contribution in [-0.4, -0.2) is 38.3 Å². The maximum Gasteiger partial charge on any atom is 0.223 e. The van der Waals surface area contributed by atoms with Crippen molar-refractivity contribution in [2.24, 2.45) is 5.92 Å². The number of sulfonamides is 1. The summed E-state index contributed by atoms with van der Waals surface area (Å²) >= 11 is 0. The van der Waals surface area contributed by atoms with Crippen molar-refractivity contribution in [2.75, 3.05) is 19.6 Å². The number of hydrogen-bond acceptors (Lipinski definition) is 3. The van der Waals surface area contributed by atoms with Crippen molar-refractivity contribution < 1.29 is 13.2 Å². The van der Waals surface area contributed by atoms with E-state index in [2.05, 4.69) is 5.32 Å². The second-order valence-electron chi connectivity index (χ2n) is 6.21. The number of hydrogen-bond donors (Lipinski definition) is 1. The van der Waals surface area contributed by atoms with Gasteiger partial charge in [-0.1, -0.05) is 36.8 Å². The summed E-state index contributed by atoms with van der Waals surface area (Å²) in [5, 5.41) is 2.89. The number of rotatable bonds is 6. The minimum absolute atomic E-state index is 0.0291. The summed E-state index contributed by atoms with van der Waals surface area (Å²) in [6.45, 7) is 5.51. The highest BCUT2D eigenvalue weighted by atomic mass is 32.2. The first kappa shape index (κ1) is 17.9. The topological polar surface area (TPSA) is 66.5 Å². The minimum atomic E-state index is -3.32. The van der Waals surface area contributed by atoms with Gasteiger partial charge in [0.2, 0.25) is 15.9 Å². The number of carbonyl (C=O) groups excluding carboxylic acids is 1. The molecular formula is C17H26N2O3S. The molecule has 5 nitrogen and oxygen atoms in total. The van der Waals surface area contributed by atoms with Crippen LogP contribution in [-0.2, 0) is 20.6 Å². The molecule has 0 aromatic heterocycles. The van der Waals surface area contributed by atoms with Crippen LogP contribution in [0.4, 0.5) is 0 Å². The van der Waals surface area contributed by atoms with E-state index in [-0.39, 0.29) is 17.6 Å². The molecule has 1 N–H and O–H groups in total. The number of nitrogens with one attached hydrogen (secondary N) is 1. The van der Waals surface area contributed by atoms with Crippen LogP contribution in [0.5, 0.6) is 0 Å². The Morgan fingerprint density at radius 3 is 2.61 bits per heavy atom. The molecule has 1 saturated heterocycles. The highest BCUT2D eigenvalue weighted by molar-refractivity contribution is 7.88. The molecule has 1 aliphatic heterocycles. The number of carbonyl (C=O) groups is 1. The molecule has 0 unspecified atom stereocenters. The van der Waals surface area contributed by atoms with Crippen molar-refractivity contribution in [3.8, 4) is 0 Å². The average molecular weight is 338 g/mol. The number of amides is 1. The summed E-state index contributed by atoms with van der Waals surface area (Å²) in [5.74, 6) is 0.0241. The molecular weight excluding hydrogens is 312 g/mol. The van der Waals surface area contributed by atoms with E-state index < -0.39 is 10.0 Å². The largest absolute Gasteiger partial charge is 0.356 e. The molecule has 0 bridgehead atoms. The van der Waals surface area contributed by atoms with Crippen molar-refractivity contribution in [1.82, 2.24) is 9.62 Å². The van der Waals surface area contributed by atoms with Crippen LogP contribution in [0.1, 0.15) is 37.3 Å². The molecule has 2 rings (SSSR count). The van der Waals surface area contributed by atoms with Crippen LogP contribution in [0.2, 0.25) is 0 Å². The number of benzene rings is 1. The van der Waals surface area contributed by atoms with Gasteiger partial charge < -0.3 is 5.32 Å². The molecule has 0 aliphatic carbocycles. The third-order valence-corrected chi connectivity index (χ3v) is 6.05. The molecule has 23 heavy (non-hydrogen) atoms. The lowest BCUT2D eigenvalue weighted by atomic mass is 9.97. The second-order valence-corrected chi connectivity index (χ2v) is 8.18. The van der Waals surface area contributed by atoms with E-state index in [1.54, 1.807) is 0 Å². The van der Waals surface area contributed by atoms with Gasteiger partial charge in [0.15, 0.2) is 0 Å². The number of aryl methyl sites for hydroxylation is 1. The van der Waals surface area contributed by atoms with Crippen LogP contribution in [0.15, 0.2) is 24.3 Å². The molecule has 6 heteroatoms. The Morgan fingerprint density at radius 2 is 2.00 bits per heavy atom. The van der Waals surface area contributed by atoms with Gasteiger partial charge in [-0.3, -0.25) is 4.79 Å². The highest BCUT2D eigenvalue weighted by Gasteiger charge is 2.30. The Hall–Kier alpha value is -1.40. The Balaban J connectivity index is 1.92. The molecule has 1 amide bonds. The first-order valence-electron chi connectivity index (χ1n) is 8.23. The molecule has 1 fully saturated rings. The fourth-order valence-corrected chi connectivity index (χ4v) is 4.44. The summed E-state index contributed by atoms with van der Waals surface area (Å²) in [4.78, 5) is 12.0. The average Bonchev–Trinajstić information content (AvgIpc) is 2.52. The smallest absolute Gasteiger partial charge is 0.223 e. The minimum Gasteiger partial charge on any atom is -0.356 e. The van der Waals surface area contributed by atoms with Gasteiger partial charge in [-0.2, -0.15) is 0 Å². The molecule has 1 aromatic carbocycles. The third-order valence-electron chi connectivity index (χ3n) is 4.20. The van der Waals surface area contributed by atoms with Crippen molar-refractivity contribution in [2.45, 2.75) is 38.9 Å². The SMILES string of the molecule is CCCNC(=O)C1CCN(S(=O)(=O)Cc2cccc(C)c2)CC1. The van der Waals surface area contributed by atoms with Crippen LogP contribution < -0.4 is 5.32 Å². The molecule has 1 aliphatic rings. The molecule has 0 atom stereocenters. The summed E-state index contributed by atoms with van der Waals surface area (Å²) in [5.41, 5.74) is 1.87. The highest BCUT2D eigenvalue weighted by Crippen LogP contribution is 2.22. The van der Waals surface area contributed by atoms with Gasteiger partial charge >= 0.3 is 0 Å². The zero-order valence-corrected chi connectivity index (χ0v) is 14.7. The van der Waals surface area contributed by atoms with Crippen molar-refractivity contribution >= 4 is 15.9 Å². The van der Waals surface area contributed by atoms with E-state index >= 15 is 0 Å². The van der Waals surface area contributed by atoms with Crippen LogP contribution in [0, 0.1) is 12.8 Å². The van der Waals surface area contributed by atoms with E-state index in [0.717, 1.165) is 17.5 Å². The zero-order chi connectivity index (χ0) is 16.9. The van der Waals surface area contributed by atoms with Crippen molar-refractivity contribution in [1.29, 1.82) is 0 Å². The summed E-state index contributed by atoms with van der Waals surface area (Å²) in [6.07, 6.45) is 2.11. The van der Waals surface area contributed by atoms with Gasteiger partial charge in [-0.15, -0.1) is 0 Å². The van der Waals surface area contributed by atoms with Crippen molar-refractivity contribution in [3.63, 3.8) is 0 Å². The van der Waals surface area contributed by atoms with Crippen LogP contribution in [0.25, 0.3) is 0 Å². The second kappa shape index (κ2) is 7.93. The van der Waals surface area contributed by atoms with E-state index in [0.29, 0.717) is 32.5 Å². The third kappa shape index (κ3) is 5.04. The summed E-state index contributed by atoms with van der Waals surface area (Å²) in [6, 6.07) is 7.58. The lowest BCUT2D eigenvalue weighted by Gasteiger charge is -2.30. The summed E-state index contributed by atoms with van der Waals surface area (Å²) < 4.78 is 26.6. The van der Waals surface area contributed by atoms with E-state index in [1.807, 2.05) is 38.1 Å². The van der Waals surface area contributed by atoms with Gasteiger partial charge in [-0.05, 0) is 31.7 Å². The molecule has 0 radical (unpaired) electrons. The fourth-order valence-electron chi connectivity index (χ4n) is 2.89. The van der Waals surface area contributed by atoms with Crippen LogP contribution in [0.3, 0.4) is 0 Å². The number of nitrogens with zero attached hydrogens (tertiary/aromatic N) is 1. The van der Waals surface area contributed by atoms with Gasteiger partial charge in [0, 0.05) is 25.6 Å². The van der Waals surface area contributed by atoms with Gasteiger partial charge in [-0.25, -0.2) is 12.7 Å². The molecule has 0 saturated carbocycles. The summed E-state index contributed by atoms with van der Waals surface area (Å²) in [7, 11) is -3.32. The zero-order valence-electron chi connectivity index (χ0n) is 13.9. The maximum absolute atomic E-state index is 12.5. The Bertz CT molecular complexity index is 635. The standard InChI is InChI=1S/C17H26N2O3S/c1-3-9-18-17(20)16-7-10-19(11-8-16)23(21,22)13-15-6-4-5-14(2)12-15/h4-6,12,16H,3,7-11,13H2,1-2H3,(H,18,20). The first-order chi connectivity index (χ1) is 10.9. The first-order valence-corrected chi connectivity index (χ1v) is 9.84. The van der Waals surface area contributed by atoms with Gasteiger partial charge in [0.05, 0.1) is 5.75 Å². The fraction of sp³-hybridized carbons (Fsp3) is 0.588. The molecule has 128 valence electrons. The predicted octanol–water partition coefficient (Wildman–Crippen LogP) is 2.06. The molecule has 1 aromatic rings. The number of piperidine rings is 1. The monoisotopic (exact) mass is 338 g/mol. The van der Waals surface area contributed by atoms with E-state index in [1.165, 1.54) is 4.31 Å². The van der Waals surface area contributed by atoms with E-state index in [9.17, 15) is 13.2 Å². The lowest BCUT2D eigenvalue weighted by molar-refractivity contribution is -0.126. The Morgan fingerprint density at radius 1 is 1.30 bits per heavy atom. The van der Waals surface area contributed by atoms with Gasteiger partial charge in [0.25, 0.3) is 0 Å². The van der Waals surface area contributed by atoms with Gasteiger partial charge in [0.1, 0.15) is 0 Å². The Labute approximate surface area is 139 Å². The molecule has 0 spiro atoms. The molecule has 1 heterocycles. The van der Waals surface area contributed by atoms with Crippen molar-refractivity contribution in [3.05, 3.63) is 35.4 Å². The van der Waals surface area contributed by atoms with E-state index in [4.69, 9.17) is 0 Å². The quantitative estimate of drug-likeness (QED) is 0.863. The van der Waals surface area contributed by atoms with Crippen LogP contribution >= 0.6 is 0 Å². The predicted molar refractivity (Wildman–Crippen MR) is 91.4 cm³/mol. The normalized spacial score (nSPS) is 17.1. The Kier molecular flexibility index (Phi) is 6.18. The lowest BCUT2D eigenvalue weighted by Crippen LogP contribution is -2.43.